The van der Waals surface area contributed by atoms with Crippen molar-refractivity contribution in [3.8, 4) is 0 Å². The number of nitrogens with zero attached hydrogens (tertiary/aromatic N) is 2. The van der Waals surface area contributed by atoms with Crippen LogP contribution in [0, 0.1) is 0 Å². The standard InChI is InChI=1S/C10H14N2O2/c1-3-6-9-7-5-8-11-12(9)10(13)14-4-2/h3,5,7-9H,1,4,6H2,2H3. The van der Waals surface area contributed by atoms with Gasteiger partial charge in [-0.1, -0.05) is 12.2 Å². The lowest BCUT2D eigenvalue weighted by atomic mass is 10.2. The third-order valence-corrected chi connectivity index (χ3v) is 1.79. The molecule has 1 aliphatic heterocycles. The second-order valence-electron chi connectivity index (χ2n) is 2.78. The Balaban J connectivity index is 2.64. The molecule has 0 aromatic rings. The summed E-state index contributed by atoms with van der Waals surface area (Å²) in [4.78, 5) is 11.4. The zero-order valence-electron chi connectivity index (χ0n) is 8.22. The van der Waals surface area contributed by atoms with Gasteiger partial charge in [0, 0.05) is 6.21 Å². The van der Waals surface area contributed by atoms with E-state index >= 15 is 0 Å². The molecule has 4 nitrogen and oxygen atoms in total. The summed E-state index contributed by atoms with van der Waals surface area (Å²) in [5.41, 5.74) is 0. The van der Waals surface area contributed by atoms with Crippen molar-refractivity contribution in [2.24, 2.45) is 5.10 Å². The van der Waals surface area contributed by atoms with Crippen molar-refractivity contribution >= 4 is 12.3 Å². The molecule has 0 N–H and O–H groups in total. The van der Waals surface area contributed by atoms with Gasteiger partial charge in [0.15, 0.2) is 0 Å². The van der Waals surface area contributed by atoms with Gasteiger partial charge in [-0.05, 0) is 19.4 Å². The van der Waals surface area contributed by atoms with E-state index < -0.39 is 6.09 Å². The minimum absolute atomic E-state index is 0.0726. The van der Waals surface area contributed by atoms with Gasteiger partial charge >= 0.3 is 6.09 Å². The molecule has 4 heteroatoms. The molecule has 1 rings (SSSR count). The highest BCUT2D eigenvalue weighted by Gasteiger charge is 2.22. The fourth-order valence-electron chi connectivity index (χ4n) is 1.18. The van der Waals surface area contributed by atoms with Gasteiger partial charge in [-0.3, -0.25) is 0 Å². The van der Waals surface area contributed by atoms with E-state index in [0.717, 1.165) is 0 Å². The van der Waals surface area contributed by atoms with Crippen LogP contribution >= 0.6 is 0 Å². The van der Waals surface area contributed by atoms with Crippen LogP contribution in [0.5, 0.6) is 0 Å². The summed E-state index contributed by atoms with van der Waals surface area (Å²) < 4.78 is 4.86. The van der Waals surface area contributed by atoms with Crippen LogP contribution < -0.4 is 0 Å². The van der Waals surface area contributed by atoms with Crippen molar-refractivity contribution in [1.29, 1.82) is 0 Å². The van der Waals surface area contributed by atoms with E-state index in [9.17, 15) is 4.79 Å². The van der Waals surface area contributed by atoms with E-state index in [4.69, 9.17) is 4.74 Å². The topological polar surface area (TPSA) is 41.9 Å². The molecule has 0 aromatic heterocycles. The lowest BCUT2D eigenvalue weighted by Gasteiger charge is -2.24. The van der Waals surface area contributed by atoms with Crippen molar-refractivity contribution in [3.05, 3.63) is 24.8 Å². The minimum Gasteiger partial charge on any atom is -0.448 e. The predicted molar refractivity (Wildman–Crippen MR) is 55.1 cm³/mol. The molecule has 0 fully saturated rings. The largest absolute Gasteiger partial charge is 0.448 e. The van der Waals surface area contributed by atoms with Crippen LogP contribution in [0.15, 0.2) is 29.9 Å². The van der Waals surface area contributed by atoms with E-state index in [1.54, 1.807) is 19.2 Å². The summed E-state index contributed by atoms with van der Waals surface area (Å²) in [6.07, 6.45) is 7.28. The summed E-state index contributed by atoms with van der Waals surface area (Å²) in [5.74, 6) is 0. The molecule has 1 aliphatic rings. The number of carbonyl (C=O) groups excluding carboxylic acids is 1. The Kier molecular flexibility index (Phi) is 3.91. The molecule has 0 saturated heterocycles. The highest BCUT2D eigenvalue weighted by atomic mass is 16.6. The highest BCUT2D eigenvalue weighted by molar-refractivity contribution is 5.76. The Hall–Kier alpha value is -1.58. The van der Waals surface area contributed by atoms with Gasteiger partial charge < -0.3 is 4.74 Å². The van der Waals surface area contributed by atoms with Gasteiger partial charge in [0.1, 0.15) is 0 Å². The molecule has 0 spiro atoms. The van der Waals surface area contributed by atoms with Crippen molar-refractivity contribution in [2.45, 2.75) is 19.4 Å². The number of amides is 1. The smallest absolute Gasteiger partial charge is 0.430 e. The van der Waals surface area contributed by atoms with Gasteiger partial charge in [-0.25, -0.2) is 4.79 Å². The first kappa shape index (κ1) is 10.5. The average molecular weight is 194 g/mol. The number of hydrazone groups is 1. The van der Waals surface area contributed by atoms with Crippen LogP contribution in [0.25, 0.3) is 0 Å². The number of carbonyl (C=O) groups is 1. The maximum absolute atomic E-state index is 11.4. The minimum atomic E-state index is -0.417. The molecule has 1 heterocycles. The molecular formula is C10H14N2O2. The maximum Gasteiger partial charge on any atom is 0.430 e. The second-order valence-corrected chi connectivity index (χ2v) is 2.78. The van der Waals surface area contributed by atoms with Gasteiger partial charge in [0.25, 0.3) is 0 Å². The Morgan fingerprint density at radius 1 is 1.79 bits per heavy atom. The summed E-state index contributed by atoms with van der Waals surface area (Å²) in [5, 5.41) is 5.27. The van der Waals surface area contributed by atoms with Gasteiger partial charge in [0.05, 0.1) is 12.6 Å². The predicted octanol–water partition coefficient (Wildman–Crippen LogP) is 1.95. The number of rotatable bonds is 3. The SMILES string of the molecule is C=CCC1C=CC=NN1C(=O)OCC. The first-order chi connectivity index (χ1) is 6.79. The van der Waals surface area contributed by atoms with Crippen LogP contribution in [-0.2, 0) is 4.74 Å². The monoisotopic (exact) mass is 194 g/mol. The molecule has 0 aromatic carbocycles. The summed E-state index contributed by atoms with van der Waals surface area (Å²) >= 11 is 0. The van der Waals surface area contributed by atoms with Gasteiger partial charge in [0.2, 0.25) is 0 Å². The Morgan fingerprint density at radius 2 is 2.57 bits per heavy atom. The zero-order chi connectivity index (χ0) is 10.4. The van der Waals surface area contributed by atoms with Crippen molar-refractivity contribution in [2.75, 3.05) is 6.61 Å². The van der Waals surface area contributed by atoms with Crippen LogP contribution in [0.4, 0.5) is 4.79 Å². The molecule has 1 atom stereocenters. The maximum atomic E-state index is 11.4. The summed E-state index contributed by atoms with van der Waals surface area (Å²) in [6.45, 7) is 5.75. The van der Waals surface area contributed by atoms with Crippen LogP contribution in [0.3, 0.4) is 0 Å². The summed E-state index contributed by atoms with van der Waals surface area (Å²) in [7, 11) is 0. The van der Waals surface area contributed by atoms with Crippen molar-refractivity contribution < 1.29 is 9.53 Å². The van der Waals surface area contributed by atoms with Crippen molar-refractivity contribution in [1.82, 2.24) is 5.01 Å². The van der Waals surface area contributed by atoms with E-state index in [2.05, 4.69) is 11.7 Å². The normalized spacial score (nSPS) is 19.5. The highest BCUT2D eigenvalue weighted by Crippen LogP contribution is 2.12. The van der Waals surface area contributed by atoms with Crippen LogP contribution in [-0.4, -0.2) is 30.0 Å². The third-order valence-electron chi connectivity index (χ3n) is 1.79. The summed E-state index contributed by atoms with van der Waals surface area (Å²) in [6, 6.07) is -0.0726. The molecule has 1 unspecified atom stereocenters. The second kappa shape index (κ2) is 5.21. The van der Waals surface area contributed by atoms with Crippen LogP contribution in [0.2, 0.25) is 0 Å². The number of allylic oxidation sites excluding steroid dienone is 1. The van der Waals surface area contributed by atoms with Gasteiger partial charge in [-0.2, -0.15) is 10.1 Å². The lowest BCUT2D eigenvalue weighted by Crippen LogP contribution is -2.36. The molecule has 76 valence electrons. The average Bonchev–Trinajstić information content (AvgIpc) is 2.19. The first-order valence-corrected chi connectivity index (χ1v) is 4.57. The number of hydrogen-bond acceptors (Lipinski definition) is 3. The fourth-order valence-corrected chi connectivity index (χ4v) is 1.18. The Morgan fingerprint density at radius 3 is 3.21 bits per heavy atom. The molecule has 1 amide bonds. The molecule has 0 aliphatic carbocycles. The molecule has 14 heavy (non-hydrogen) atoms. The van der Waals surface area contributed by atoms with E-state index in [1.165, 1.54) is 5.01 Å². The van der Waals surface area contributed by atoms with Crippen LogP contribution in [0.1, 0.15) is 13.3 Å². The lowest BCUT2D eigenvalue weighted by molar-refractivity contribution is 0.0991. The first-order valence-electron chi connectivity index (χ1n) is 4.57. The number of ether oxygens (including phenoxy) is 1. The Bertz CT molecular complexity index is 271. The van der Waals surface area contributed by atoms with E-state index in [0.29, 0.717) is 13.0 Å². The van der Waals surface area contributed by atoms with Crippen molar-refractivity contribution in [3.63, 3.8) is 0 Å². The zero-order valence-corrected chi connectivity index (χ0v) is 8.22. The molecule has 0 saturated carbocycles. The molecular weight excluding hydrogens is 180 g/mol. The van der Waals surface area contributed by atoms with Gasteiger partial charge in [-0.15, -0.1) is 6.58 Å². The molecule has 0 radical (unpaired) electrons. The third kappa shape index (κ3) is 2.45. The van der Waals surface area contributed by atoms with E-state index in [-0.39, 0.29) is 6.04 Å². The Labute approximate surface area is 83.5 Å². The quantitative estimate of drug-likeness (QED) is 0.644. The number of hydrogen-bond donors (Lipinski definition) is 0. The van der Waals surface area contributed by atoms with E-state index in [1.807, 2.05) is 12.2 Å². The fraction of sp³-hybridized carbons (Fsp3) is 0.400. The molecule has 0 bridgehead atoms.